The van der Waals surface area contributed by atoms with Crippen LogP contribution in [0.1, 0.15) is 58.4 Å². The van der Waals surface area contributed by atoms with Crippen LogP contribution < -0.4 is 0 Å². The van der Waals surface area contributed by atoms with Crippen molar-refractivity contribution in [3.05, 3.63) is 35.9 Å². The van der Waals surface area contributed by atoms with E-state index in [4.69, 9.17) is 9.47 Å². The molecule has 1 saturated carbocycles. The van der Waals surface area contributed by atoms with Gasteiger partial charge in [0.2, 0.25) is 0 Å². The minimum absolute atomic E-state index is 0.155. The zero-order valence-electron chi connectivity index (χ0n) is 16.5. The quantitative estimate of drug-likeness (QED) is 0.693. The number of piperidine rings is 1. The van der Waals surface area contributed by atoms with Gasteiger partial charge in [0.15, 0.2) is 0 Å². The van der Waals surface area contributed by atoms with Crippen LogP contribution in [0, 0.1) is 11.3 Å². The first-order chi connectivity index (χ1) is 12.4. The number of hydrogen-bond acceptors (Lipinski definition) is 3. The third-order valence-corrected chi connectivity index (χ3v) is 5.70. The SMILES string of the molecule is CC(C)(C)OC(=O)N1CCC2(CC1)CC(CCOCc1ccccc1)C2. The van der Waals surface area contributed by atoms with Gasteiger partial charge in [0, 0.05) is 19.7 Å². The predicted octanol–water partition coefficient (Wildman–Crippen LogP) is 5.02. The Labute approximate surface area is 157 Å². The monoisotopic (exact) mass is 359 g/mol. The molecule has 0 aromatic heterocycles. The Morgan fingerprint density at radius 2 is 1.81 bits per heavy atom. The van der Waals surface area contributed by atoms with Crippen molar-refractivity contribution in [3.63, 3.8) is 0 Å². The van der Waals surface area contributed by atoms with Crippen molar-refractivity contribution < 1.29 is 14.3 Å². The first-order valence-electron chi connectivity index (χ1n) is 9.95. The van der Waals surface area contributed by atoms with E-state index >= 15 is 0 Å². The van der Waals surface area contributed by atoms with Gasteiger partial charge in [-0.25, -0.2) is 4.79 Å². The molecule has 0 radical (unpaired) electrons. The molecular weight excluding hydrogens is 326 g/mol. The molecular formula is C22H33NO3. The molecule has 1 spiro atoms. The van der Waals surface area contributed by atoms with Gasteiger partial charge in [0.25, 0.3) is 0 Å². The topological polar surface area (TPSA) is 38.8 Å². The molecule has 4 heteroatoms. The first-order valence-corrected chi connectivity index (χ1v) is 9.95. The summed E-state index contributed by atoms with van der Waals surface area (Å²) in [6, 6.07) is 10.4. The maximum atomic E-state index is 12.2. The average Bonchev–Trinajstić information content (AvgIpc) is 2.57. The molecule has 1 aliphatic carbocycles. The molecule has 1 aromatic carbocycles. The molecule has 1 saturated heterocycles. The second-order valence-corrected chi connectivity index (χ2v) is 9.07. The summed E-state index contributed by atoms with van der Waals surface area (Å²) in [4.78, 5) is 14.1. The van der Waals surface area contributed by atoms with Crippen molar-refractivity contribution in [2.24, 2.45) is 11.3 Å². The molecule has 4 nitrogen and oxygen atoms in total. The first kappa shape index (κ1) is 19.2. The lowest BCUT2D eigenvalue weighted by atomic mass is 9.57. The molecule has 26 heavy (non-hydrogen) atoms. The van der Waals surface area contributed by atoms with Crippen LogP contribution in [0.4, 0.5) is 4.79 Å². The van der Waals surface area contributed by atoms with E-state index in [1.54, 1.807) is 0 Å². The summed E-state index contributed by atoms with van der Waals surface area (Å²) in [5, 5.41) is 0. The normalized spacial score (nSPS) is 20.0. The molecule has 2 aliphatic rings. The maximum Gasteiger partial charge on any atom is 0.410 e. The van der Waals surface area contributed by atoms with Gasteiger partial charge in [-0.2, -0.15) is 0 Å². The minimum Gasteiger partial charge on any atom is -0.444 e. The number of carbonyl (C=O) groups is 1. The lowest BCUT2D eigenvalue weighted by Gasteiger charge is -2.52. The maximum absolute atomic E-state index is 12.2. The lowest BCUT2D eigenvalue weighted by molar-refractivity contribution is -0.0362. The van der Waals surface area contributed by atoms with Crippen LogP contribution in [0.3, 0.4) is 0 Å². The van der Waals surface area contributed by atoms with Gasteiger partial charge >= 0.3 is 6.09 Å². The molecule has 1 heterocycles. The Morgan fingerprint density at radius 3 is 2.42 bits per heavy atom. The van der Waals surface area contributed by atoms with E-state index in [9.17, 15) is 4.79 Å². The molecule has 1 aromatic rings. The van der Waals surface area contributed by atoms with E-state index in [-0.39, 0.29) is 6.09 Å². The van der Waals surface area contributed by atoms with Crippen molar-refractivity contribution in [2.45, 2.75) is 65.1 Å². The summed E-state index contributed by atoms with van der Waals surface area (Å²) < 4.78 is 11.3. The number of rotatable bonds is 5. The highest BCUT2D eigenvalue weighted by Gasteiger charge is 2.46. The van der Waals surface area contributed by atoms with E-state index in [0.29, 0.717) is 12.0 Å². The standard InChI is InChI=1S/C22H33NO3/c1-21(2,3)26-20(24)23-12-10-22(11-13-23)15-19(16-22)9-14-25-17-18-7-5-4-6-8-18/h4-8,19H,9-17H2,1-3H3. The van der Waals surface area contributed by atoms with Crippen LogP contribution in [-0.4, -0.2) is 36.3 Å². The second kappa shape index (κ2) is 7.99. The molecule has 0 unspecified atom stereocenters. The average molecular weight is 360 g/mol. The predicted molar refractivity (Wildman–Crippen MR) is 103 cm³/mol. The molecule has 2 fully saturated rings. The highest BCUT2D eigenvalue weighted by atomic mass is 16.6. The zero-order valence-corrected chi connectivity index (χ0v) is 16.5. The summed E-state index contributed by atoms with van der Waals surface area (Å²) in [6.45, 7) is 9.01. The van der Waals surface area contributed by atoms with Crippen molar-refractivity contribution in [2.75, 3.05) is 19.7 Å². The van der Waals surface area contributed by atoms with Gasteiger partial charge in [-0.3, -0.25) is 0 Å². The number of benzene rings is 1. The summed E-state index contributed by atoms with van der Waals surface area (Å²) in [5.74, 6) is 0.791. The largest absolute Gasteiger partial charge is 0.444 e. The van der Waals surface area contributed by atoms with Crippen molar-refractivity contribution in [1.82, 2.24) is 4.90 Å². The molecule has 1 amide bonds. The number of likely N-dealkylation sites (tertiary alicyclic amines) is 1. The summed E-state index contributed by atoms with van der Waals surface area (Å²) in [7, 11) is 0. The van der Waals surface area contributed by atoms with Gasteiger partial charge in [-0.05, 0) is 69.8 Å². The highest BCUT2D eigenvalue weighted by molar-refractivity contribution is 5.68. The van der Waals surface area contributed by atoms with Crippen LogP contribution in [0.25, 0.3) is 0 Å². The van der Waals surface area contributed by atoms with Crippen LogP contribution in [0.15, 0.2) is 30.3 Å². The van der Waals surface area contributed by atoms with Crippen LogP contribution in [-0.2, 0) is 16.1 Å². The smallest absolute Gasteiger partial charge is 0.410 e. The Bertz CT molecular complexity index is 577. The molecule has 0 atom stereocenters. The molecule has 3 rings (SSSR count). The van der Waals surface area contributed by atoms with Gasteiger partial charge in [-0.1, -0.05) is 30.3 Å². The lowest BCUT2D eigenvalue weighted by Crippen LogP contribution is -2.49. The van der Waals surface area contributed by atoms with Crippen molar-refractivity contribution >= 4 is 6.09 Å². The van der Waals surface area contributed by atoms with Gasteiger partial charge < -0.3 is 14.4 Å². The Morgan fingerprint density at radius 1 is 1.15 bits per heavy atom. The molecule has 0 bridgehead atoms. The van der Waals surface area contributed by atoms with Crippen LogP contribution in [0.5, 0.6) is 0 Å². The van der Waals surface area contributed by atoms with Gasteiger partial charge in [0.1, 0.15) is 5.60 Å². The summed E-state index contributed by atoms with van der Waals surface area (Å²) in [6.07, 6.45) is 5.83. The molecule has 1 aliphatic heterocycles. The Kier molecular flexibility index (Phi) is 5.91. The minimum atomic E-state index is -0.409. The van der Waals surface area contributed by atoms with Crippen molar-refractivity contribution in [1.29, 1.82) is 0 Å². The summed E-state index contributed by atoms with van der Waals surface area (Å²) in [5.41, 5.74) is 1.31. The highest BCUT2D eigenvalue weighted by Crippen LogP contribution is 2.53. The molecule has 0 N–H and O–H groups in total. The number of ether oxygens (including phenoxy) is 2. The molecule has 144 valence electrons. The van der Waals surface area contributed by atoms with Crippen LogP contribution >= 0.6 is 0 Å². The van der Waals surface area contributed by atoms with E-state index in [2.05, 4.69) is 24.3 Å². The van der Waals surface area contributed by atoms with E-state index < -0.39 is 5.60 Å². The van der Waals surface area contributed by atoms with Gasteiger partial charge in [0.05, 0.1) is 6.61 Å². The fourth-order valence-electron chi connectivity index (χ4n) is 4.28. The second-order valence-electron chi connectivity index (χ2n) is 9.07. The number of hydrogen-bond donors (Lipinski definition) is 0. The number of nitrogens with zero attached hydrogens (tertiary/aromatic N) is 1. The zero-order chi connectivity index (χ0) is 18.6. The van der Waals surface area contributed by atoms with Crippen molar-refractivity contribution in [3.8, 4) is 0 Å². The van der Waals surface area contributed by atoms with Gasteiger partial charge in [-0.15, -0.1) is 0 Å². The number of carbonyl (C=O) groups excluding carboxylic acids is 1. The Balaban J connectivity index is 1.31. The summed E-state index contributed by atoms with van der Waals surface area (Å²) >= 11 is 0. The van der Waals surface area contributed by atoms with Crippen LogP contribution in [0.2, 0.25) is 0 Å². The van der Waals surface area contributed by atoms with E-state index in [1.165, 1.54) is 18.4 Å². The third kappa shape index (κ3) is 5.23. The Hall–Kier alpha value is -1.55. The van der Waals surface area contributed by atoms with E-state index in [1.807, 2.05) is 31.7 Å². The fraction of sp³-hybridized carbons (Fsp3) is 0.682. The number of amides is 1. The van der Waals surface area contributed by atoms with E-state index in [0.717, 1.165) is 44.9 Å². The third-order valence-electron chi connectivity index (χ3n) is 5.70. The fourth-order valence-corrected chi connectivity index (χ4v) is 4.28.